The Morgan fingerprint density at radius 2 is 1.50 bits per heavy atom. The van der Waals surface area contributed by atoms with Gasteiger partial charge in [0.1, 0.15) is 0 Å². The molecule has 0 heterocycles. The number of rotatable bonds is 9. The zero-order valence-electron chi connectivity index (χ0n) is 12.9. The first-order valence-corrected chi connectivity index (χ1v) is 8.19. The molecule has 108 valence electrons. The van der Waals surface area contributed by atoms with Crippen LogP contribution in [0.3, 0.4) is 0 Å². The van der Waals surface area contributed by atoms with E-state index in [2.05, 4.69) is 31.1 Å². The first-order valence-electron chi connectivity index (χ1n) is 8.19. The SMILES string of the molecule is CCCCN(CCCC)CC1CCC(NC)CC1. The normalized spacial score (nSPS) is 24.7. The first kappa shape index (κ1) is 16.0. The highest BCUT2D eigenvalue weighted by molar-refractivity contribution is 4.78. The number of nitrogens with zero attached hydrogens (tertiary/aromatic N) is 1. The van der Waals surface area contributed by atoms with Gasteiger partial charge in [0.15, 0.2) is 0 Å². The number of unbranched alkanes of at least 4 members (excludes halogenated alkanes) is 2. The molecule has 1 N–H and O–H groups in total. The average molecular weight is 254 g/mol. The van der Waals surface area contributed by atoms with Crippen LogP contribution >= 0.6 is 0 Å². The molecule has 1 saturated carbocycles. The number of nitrogens with one attached hydrogen (secondary N) is 1. The molecule has 0 amide bonds. The summed E-state index contributed by atoms with van der Waals surface area (Å²) in [6.45, 7) is 8.60. The number of hydrogen-bond acceptors (Lipinski definition) is 2. The predicted molar refractivity (Wildman–Crippen MR) is 81.1 cm³/mol. The lowest BCUT2D eigenvalue weighted by molar-refractivity contribution is 0.185. The maximum atomic E-state index is 3.43. The molecule has 0 radical (unpaired) electrons. The third-order valence-electron chi connectivity index (χ3n) is 4.43. The van der Waals surface area contributed by atoms with Crippen molar-refractivity contribution in [2.75, 3.05) is 26.7 Å². The molecule has 0 bridgehead atoms. The summed E-state index contributed by atoms with van der Waals surface area (Å²) in [6.07, 6.45) is 11.0. The molecule has 0 aromatic rings. The maximum Gasteiger partial charge on any atom is 0.00642 e. The third-order valence-corrected chi connectivity index (χ3v) is 4.43. The minimum Gasteiger partial charge on any atom is -0.317 e. The largest absolute Gasteiger partial charge is 0.317 e. The summed E-state index contributed by atoms with van der Waals surface area (Å²) in [5, 5.41) is 3.43. The topological polar surface area (TPSA) is 15.3 Å². The standard InChI is InChI=1S/C16H34N2/c1-4-6-12-18(13-7-5-2)14-15-8-10-16(17-3)11-9-15/h15-17H,4-14H2,1-3H3. The zero-order chi connectivity index (χ0) is 13.2. The Bertz CT molecular complexity index is 178. The van der Waals surface area contributed by atoms with Gasteiger partial charge in [0.2, 0.25) is 0 Å². The maximum absolute atomic E-state index is 3.43. The van der Waals surface area contributed by atoms with Crippen LogP contribution in [-0.4, -0.2) is 37.6 Å². The first-order chi connectivity index (χ1) is 8.80. The molecule has 0 aliphatic heterocycles. The van der Waals surface area contributed by atoms with Crippen LogP contribution in [0.5, 0.6) is 0 Å². The molecule has 1 fully saturated rings. The molecule has 2 heteroatoms. The van der Waals surface area contributed by atoms with Crippen LogP contribution in [0, 0.1) is 5.92 Å². The Labute approximate surface area is 115 Å². The van der Waals surface area contributed by atoms with Gasteiger partial charge in [0.05, 0.1) is 0 Å². The van der Waals surface area contributed by atoms with Crippen molar-refractivity contribution < 1.29 is 0 Å². The van der Waals surface area contributed by atoms with Crippen LogP contribution in [0.15, 0.2) is 0 Å². The fourth-order valence-corrected chi connectivity index (χ4v) is 3.06. The van der Waals surface area contributed by atoms with Crippen LogP contribution in [0.1, 0.15) is 65.2 Å². The van der Waals surface area contributed by atoms with Crippen LogP contribution < -0.4 is 5.32 Å². The van der Waals surface area contributed by atoms with E-state index < -0.39 is 0 Å². The second-order valence-electron chi connectivity index (χ2n) is 6.01. The fourth-order valence-electron chi connectivity index (χ4n) is 3.06. The van der Waals surface area contributed by atoms with Crippen LogP contribution in [0.25, 0.3) is 0 Å². The molecular weight excluding hydrogens is 220 g/mol. The lowest BCUT2D eigenvalue weighted by atomic mass is 9.85. The highest BCUT2D eigenvalue weighted by atomic mass is 15.1. The Kier molecular flexibility index (Phi) is 8.70. The average Bonchev–Trinajstić information content (AvgIpc) is 2.42. The summed E-state index contributed by atoms with van der Waals surface area (Å²) in [7, 11) is 2.11. The van der Waals surface area contributed by atoms with Crippen LogP contribution in [-0.2, 0) is 0 Å². The summed E-state index contributed by atoms with van der Waals surface area (Å²) in [6, 6.07) is 0.793. The number of hydrogen-bond donors (Lipinski definition) is 1. The second kappa shape index (κ2) is 9.80. The highest BCUT2D eigenvalue weighted by Gasteiger charge is 2.21. The van der Waals surface area contributed by atoms with E-state index >= 15 is 0 Å². The summed E-state index contributed by atoms with van der Waals surface area (Å²) in [4.78, 5) is 2.73. The van der Waals surface area contributed by atoms with E-state index in [-0.39, 0.29) is 0 Å². The molecule has 0 atom stereocenters. The van der Waals surface area contributed by atoms with Gasteiger partial charge >= 0.3 is 0 Å². The second-order valence-corrected chi connectivity index (χ2v) is 6.01. The summed E-state index contributed by atoms with van der Waals surface area (Å²) >= 11 is 0. The molecule has 1 aliphatic rings. The molecule has 1 aliphatic carbocycles. The monoisotopic (exact) mass is 254 g/mol. The van der Waals surface area contributed by atoms with Gasteiger partial charge in [0, 0.05) is 12.6 Å². The van der Waals surface area contributed by atoms with E-state index in [9.17, 15) is 0 Å². The van der Waals surface area contributed by atoms with Crippen molar-refractivity contribution in [3.8, 4) is 0 Å². The van der Waals surface area contributed by atoms with Crippen molar-refractivity contribution in [3.05, 3.63) is 0 Å². The van der Waals surface area contributed by atoms with Crippen molar-refractivity contribution in [1.82, 2.24) is 10.2 Å². The zero-order valence-corrected chi connectivity index (χ0v) is 12.9. The lowest BCUT2D eigenvalue weighted by Gasteiger charge is -2.32. The Balaban J connectivity index is 2.26. The van der Waals surface area contributed by atoms with Crippen LogP contribution in [0.4, 0.5) is 0 Å². The van der Waals surface area contributed by atoms with Gasteiger partial charge in [-0.25, -0.2) is 0 Å². The van der Waals surface area contributed by atoms with Crippen molar-refractivity contribution in [2.24, 2.45) is 5.92 Å². The van der Waals surface area contributed by atoms with Crippen molar-refractivity contribution >= 4 is 0 Å². The van der Waals surface area contributed by atoms with Gasteiger partial charge < -0.3 is 10.2 Å². The molecule has 0 aromatic heterocycles. The van der Waals surface area contributed by atoms with Gasteiger partial charge in [0.25, 0.3) is 0 Å². The predicted octanol–water partition coefficient (Wildman–Crippen LogP) is 3.67. The van der Waals surface area contributed by atoms with Crippen molar-refractivity contribution in [2.45, 2.75) is 71.3 Å². The van der Waals surface area contributed by atoms with E-state index in [1.807, 2.05) is 0 Å². The molecule has 1 rings (SSSR count). The minimum absolute atomic E-state index is 0.793. The van der Waals surface area contributed by atoms with Gasteiger partial charge in [-0.1, -0.05) is 26.7 Å². The van der Waals surface area contributed by atoms with Gasteiger partial charge in [-0.3, -0.25) is 0 Å². The summed E-state index contributed by atoms with van der Waals surface area (Å²) in [5.41, 5.74) is 0. The van der Waals surface area contributed by atoms with E-state index in [1.54, 1.807) is 0 Å². The molecular formula is C16H34N2. The molecule has 0 spiro atoms. The van der Waals surface area contributed by atoms with Gasteiger partial charge in [-0.2, -0.15) is 0 Å². The Hall–Kier alpha value is -0.0800. The van der Waals surface area contributed by atoms with E-state index in [4.69, 9.17) is 0 Å². The fraction of sp³-hybridized carbons (Fsp3) is 1.00. The Morgan fingerprint density at radius 3 is 1.94 bits per heavy atom. The van der Waals surface area contributed by atoms with Crippen molar-refractivity contribution in [3.63, 3.8) is 0 Å². The lowest BCUT2D eigenvalue weighted by Crippen LogP contribution is -2.36. The Morgan fingerprint density at radius 1 is 0.944 bits per heavy atom. The molecule has 0 unspecified atom stereocenters. The smallest absolute Gasteiger partial charge is 0.00642 e. The quantitative estimate of drug-likeness (QED) is 0.675. The van der Waals surface area contributed by atoms with E-state index in [0.29, 0.717) is 0 Å². The van der Waals surface area contributed by atoms with Gasteiger partial charge in [-0.05, 0) is 64.6 Å². The molecule has 18 heavy (non-hydrogen) atoms. The molecule has 0 aromatic carbocycles. The minimum atomic E-state index is 0.793. The summed E-state index contributed by atoms with van der Waals surface area (Å²) in [5.74, 6) is 0.961. The third kappa shape index (κ3) is 6.19. The van der Waals surface area contributed by atoms with Crippen LogP contribution in [0.2, 0.25) is 0 Å². The molecule has 0 saturated heterocycles. The molecule has 2 nitrogen and oxygen atoms in total. The van der Waals surface area contributed by atoms with E-state index in [1.165, 1.54) is 71.0 Å². The van der Waals surface area contributed by atoms with Gasteiger partial charge in [-0.15, -0.1) is 0 Å². The summed E-state index contributed by atoms with van der Waals surface area (Å²) < 4.78 is 0. The van der Waals surface area contributed by atoms with Crippen molar-refractivity contribution in [1.29, 1.82) is 0 Å². The van der Waals surface area contributed by atoms with E-state index in [0.717, 1.165) is 12.0 Å². The highest BCUT2D eigenvalue weighted by Crippen LogP contribution is 2.25.